The predicted octanol–water partition coefficient (Wildman–Crippen LogP) is 2.00. The molecule has 0 bridgehead atoms. The minimum Gasteiger partial charge on any atom is -0.337 e. The first-order chi connectivity index (χ1) is 7.84. The summed E-state index contributed by atoms with van der Waals surface area (Å²) in [5.74, 6) is 0. The Morgan fingerprint density at radius 2 is 2.00 bits per heavy atom. The molecule has 1 aromatic carbocycles. The van der Waals surface area contributed by atoms with Crippen LogP contribution >= 0.6 is 11.6 Å². The highest BCUT2D eigenvalue weighted by molar-refractivity contribution is 6.30. The van der Waals surface area contributed by atoms with E-state index in [9.17, 15) is 0 Å². The third-order valence-corrected chi connectivity index (χ3v) is 2.58. The number of benzene rings is 1. The minimum atomic E-state index is 0.795. The van der Waals surface area contributed by atoms with Crippen LogP contribution in [0.25, 0.3) is 0 Å². The Morgan fingerprint density at radius 3 is 2.75 bits per heavy atom. The number of nitrogens with two attached hydrogens (primary N) is 1. The van der Waals surface area contributed by atoms with Crippen LogP contribution in [0.4, 0.5) is 0 Å². The van der Waals surface area contributed by atoms with Gasteiger partial charge in [-0.2, -0.15) is 0 Å². The van der Waals surface area contributed by atoms with Gasteiger partial charge in [-0.3, -0.25) is 4.98 Å². The van der Waals surface area contributed by atoms with Crippen LogP contribution in [0.2, 0.25) is 5.02 Å². The van der Waals surface area contributed by atoms with Crippen molar-refractivity contribution >= 4 is 11.6 Å². The van der Waals surface area contributed by atoms with E-state index in [4.69, 9.17) is 11.6 Å². The highest BCUT2D eigenvalue weighted by atomic mass is 35.5. The van der Waals surface area contributed by atoms with E-state index in [1.165, 1.54) is 5.56 Å². The molecular formula is C13H14ClN2+. The van der Waals surface area contributed by atoms with Crippen molar-refractivity contribution in [3.63, 3.8) is 0 Å². The van der Waals surface area contributed by atoms with Gasteiger partial charge >= 0.3 is 0 Å². The zero-order valence-corrected chi connectivity index (χ0v) is 9.69. The largest absolute Gasteiger partial charge is 0.337 e. The van der Waals surface area contributed by atoms with E-state index in [0.717, 1.165) is 23.8 Å². The summed E-state index contributed by atoms with van der Waals surface area (Å²) in [5.41, 5.74) is 2.34. The Hall–Kier alpha value is -1.38. The third kappa shape index (κ3) is 3.33. The molecule has 0 saturated carbocycles. The van der Waals surface area contributed by atoms with Crippen LogP contribution < -0.4 is 5.32 Å². The Balaban J connectivity index is 1.85. The van der Waals surface area contributed by atoms with Gasteiger partial charge in [0.2, 0.25) is 0 Å². The van der Waals surface area contributed by atoms with Crippen LogP contribution in [0, 0.1) is 0 Å². The molecule has 1 heterocycles. The molecule has 0 fully saturated rings. The van der Waals surface area contributed by atoms with E-state index >= 15 is 0 Å². The highest BCUT2D eigenvalue weighted by Crippen LogP contribution is 2.09. The van der Waals surface area contributed by atoms with E-state index < -0.39 is 0 Å². The van der Waals surface area contributed by atoms with Gasteiger partial charge in [0.05, 0.1) is 5.69 Å². The molecule has 82 valence electrons. The van der Waals surface area contributed by atoms with Gasteiger partial charge in [-0.05, 0) is 24.3 Å². The summed E-state index contributed by atoms with van der Waals surface area (Å²) in [6.07, 6.45) is 1.82. The number of halogens is 1. The van der Waals surface area contributed by atoms with E-state index in [1.807, 2.05) is 42.6 Å². The Morgan fingerprint density at radius 1 is 1.06 bits per heavy atom. The molecule has 0 saturated heterocycles. The predicted molar refractivity (Wildman–Crippen MR) is 65.0 cm³/mol. The van der Waals surface area contributed by atoms with Gasteiger partial charge < -0.3 is 5.32 Å². The lowest BCUT2D eigenvalue weighted by Gasteiger charge is -2.01. The monoisotopic (exact) mass is 233 g/mol. The van der Waals surface area contributed by atoms with Crippen molar-refractivity contribution in [1.82, 2.24) is 4.98 Å². The van der Waals surface area contributed by atoms with Crippen LogP contribution in [0.1, 0.15) is 11.3 Å². The van der Waals surface area contributed by atoms with Crippen molar-refractivity contribution in [3.05, 3.63) is 64.9 Å². The fourth-order valence-electron chi connectivity index (χ4n) is 1.57. The number of pyridine rings is 1. The first-order valence-corrected chi connectivity index (χ1v) is 5.68. The average Bonchev–Trinajstić information content (AvgIpc) is 2.30. The van der Waals surface area contributed by atoms with E-state index in [0.29, 0.717) is 0 Å². The molecule has 0 aliphatic rings. The van der Waals surface area contributed by atoms with Crippen LogP contribution in [-0.4, -0.2) is 4.98 Å². The minimum absolute atomic E-state index is 0.795. The van der Waals surface area contributed by atoms with Gasteiger partial charge in [0.1, 0.15) is 13.1 Å². The van der Waals surface area contributed by atoms with Crippen LogP contribution in [0.3, 0.4) is 0 Å². The highest BCUT2D eigenvalue weighted by Gasteiger charge is 1.98. The normalized spacial score (nSPS) is 10.3. The van der Waals surface area contributed by atoms with Crippen molar-refractivity contribution in [2.45, 2.75) is 13.1 Å². The first kappa shape index (κ1) is 11.1. The van der Waals surface area contributed by atoms with Crippen molar-refractivity contribution in [1.29, 1.82) is 0 Å². The van der Waals surface area contributed by atoms with Crippen molar-refractivity contribution < 1.29 is 5.32 Å². The molecule has 2 rings (SSSR count). The summed E-state index contributed by atoms with van der Waals surface area (Å²) in [4.78, 5) is 4.27. The molecule has 0 atom stereocenters. The fourth-order valence-corrected chi connectivity index (χ4v) is 1.78. The standard InChI is InChI=1S/C13H13ClN2/c14-12-5-3-4-11(8-12)9-15-10-13-6-1-2-7-16-13/h1-8,15H,9-10H2/p+1. The number of quaternary nitrogens is 1. The van der Waals surface area contributed by atoms with Crippen LogP contribution in [0.5, 0.6) is 0 Å². The topological polar surface area (TPSA) is 29.5 Å². The summed E-state index contributed by atoms with van der Waals surface area (Å²) >= 11 is 5.91. The summed E-state index contributed by atoms with van der Waals surface area (Å²) in [6, 6.07) is 13.9. The lowest BCUT2D eigenvalue weighted by Crippen LogP contribution is -2.80. The zero-order chi connectivity index (χ0) is 11.2. The molecule has 0 aliphatic carbocycles. The van der Waals surface area contributed by atoms with Crippen LogP contribution in [0.15, 0.2) is 48.7 Å². The first-order valence-electron chi connectivity index (χ1n) is 5.30. The summed E-state index contributed by atoms with van der Waals surface area (Å²) in [6.45, 7) is 1.82. The van der Waals surface area contributed by atoms with Crippen molar-refractivity contribution in [2.24, 2.45) is 0 Å². The van der Waals surface area contributed by atoms with Gasteiger partial charge in [0, 0.05) is 16.8 Å². The van der Waals surface area contributed by atoms with Gasteiger partial charge in [-0.15, -0.1) is 0 Å². The average molecular weight is 234 g/mol. The second-order valence-corrected chi connectivity index (χ2v) is 4.08. The van der Waals surface area contributed by atoms with Crippen molar-refractivity contribution in [3.8, 4) is 0 Å². The molecule has 0 radical (unpaired) electrons. The lowest BCUT2D eigenvalue weighted by atomic mass is 10.2. The zero-order valence-electron chi connectivity index (χ0n) is 8.94. The molecule has 3 heteroatoms. The Labute approximate surface area is 100 Å². The molecule has 16 heavy (non-hydrogen) atoms. The summed E-state index contributed by atoms with van der Waals surface area (Å²) in [5, 5.41) is 3.01. The second kappa shape index (κ2) is 5.64. The lowest BCUT2D eigenvalue weighted by molar-refractivity contribution is -0.686. The Bertz CT molecular complexity index is 443. The molecule has 0 aliphatic heterocycles. The number of hydrogen-bond acceptors (Lipinski definition) is 1. The summed E-state index contributed by atoms with van der Waals surface area (Å²) < 4.78 is 0. The SMILES string of the molecule is Clc1cccc(C[NH2+]Cc2ccccn2)c1. The fraction of sp³-hybridized carbons (Fsp3) is 0.154. The van der Waals surface area contributed by atoms with Crippen molar-refractivity contribution in [2.75, 3.05) is 0 Å². The van der Waals surface area contributed by atoms with Gasteiger partial charge in [-0.25, -0.2) is 0 Å². The molecule has 2 aromatic rings. The molecule has 0 spiro atoms. The number of hydrogen-bond donors (Lipinski definition) is 1. The van der Waals surface area contributed by atoms with E-state index in [-0.39, 0.29) is 0 Å². The molecule has 0 unspecified atom stereocenters. The molecule has 1 aromatic heterocycles. The molecule has 0 amide bonds. The maximum atomic E-state index is 5.91. The number of rotatable bonds is 4. The Kier molecular flexibility index (Phi) is 3.91. The van der Waals surface area contributed by atoms with Gasteiger partial charge in [0.15, 0.2) is 0 Å². The molecule has 2 N–H and O–H groups in total. The second-order valence-electron chi connectivity index (χ2n) is 3.65. The van der Waals surface area contributed by atoms with Crippen LogP contribution in [-0.2, 0) is 13.1 Å². The maximum absolute atomic E-state index is 5.91. The summed E-state index contributed by atoms with van der Waals surface area (Å²) in [7, 11) is 0. The number of aromatic nitrogens is 1. The molecule has 2 nitrogen and oxygen atoms in total. The van der Waals surface area contributed by atoms with E-state index in [1.54, 1.807) is 0 Å². The van der Waals surface area contributed by atoms with E-state index in [2.05, 4.69) is 16.4 Å². The quantitative estimate of drug-likeness (QED) is 0.860. The van der Waals surface area contributed by atoms with Gasteiger partial charge in [0.25, 0.3) is 0 Å². The maximum Gasteiger partial charge on any atom is 0.119 e. The smallest absolute Gasteiger partial charge is 0.119 e. The van der Waals surface area contributed by atoms with Gasteiger partial charge in [-0.1, -0.05) is 29.8 Å². The molecular weight excluding hydrogens is 220 g/mol. The third-order valence-electron chi connectivity index (χ3n) is 2.35. The number of nitrogens with zero attached hydrogens (tertiary/aromatic N) is 1.